The van der Waals surface area contributed by atoms with Crippen molar-refractivity contribution in [3.8, 4) is 17.4 Å². The van der Waals surface area contributed by atoms with E-state index in [4.69, 9.17) is 9.47 Å². The minimum atomic E-state index is -0.910. The predicted octanol–water partition coefficient (Wildman–Crippen LogP) is 4.29. The molecule has 0 spiro atoms. The average molecular weight is 600 g/mol. The fourth-order valence-electron chi connectivity index (χ4n) is 6.68. The SMILES string of the molecule is CCCCN(C(=O)CN1C[C@H](c2ccc3c(c2)OCO3)[C@@H](C(=O)O)[C@@H]1CCn1cc2ccccc2c1O)c1ccc[n+](C)c1. The van der Waals surface area contributed by atoms with Crippen molar-refractivity contribution in [2.75, 3.05) is 31.3 Å². The molecular weight excluding hydrogens is 560 g/mol. The molecule has 1 amide bonds. The third kappa shape index (κ3) is 5.81. The Kier molecular flexibility index (Phi) is 8.43. The second-order valence-corrected chi connectivity index (χ2v) is 11.7. The van der Waals surface area contributed by atoms with Crippen LogP contribution in [0.25, 0.3) is 10.8 Å². The van der Waals surface area contributed by atoms with Crippen LogP contribution in [0.15, 0.2) is 73.2 Å². The highest BCUT2D eigenvalue weighted by Gasteiger charge is 2.47. The topological polar surface area (TPSA) is 108 Å². The summed E-state index contributed by atoms with van der Waals surface area (Å²) in [7, 11) is 1.93. The van der Waals surface area contributed by atoms with E-state index in [1.807, 2.05) is 94.6 Å². The van der Waals surface area contributed by atoms with E-state index in [-0.39, 0.29) is 31.0 Å². The molecule has 0 bridgehead atoms. The number of benzene rings is 2. The largest absolute Gasteiger partial charge is 0.494 e. The summed E-state index contributed by atoms with van der Waals surface area (Å²) in [5.74, 6) is -0.718. The maximum absolute atomic E-state index is 14.0. The summed E-state index contributed by atoms with van der Waals surface area (Å²) in [6.45, 7) is 3.69. The maximum Gasteiger partial charge on any atom is 0.308 e. The normalized spacial score (nSPS) is 19.5. The molecular formula is C34H39N4O6+. The van der Waals surface area contributed by atoms with Crippen molar-refractivity contribution in [3.05, 3.63) is 78.8 Å². The lowest BCUT2D eigenvalue weighted by atomic mass is 9.84. The van der Waals surface area contributed by atoms with Gasteiger partial charge in [0, 0.05) is 54.6 Å². The number of carboxylic acids is 1. The van der Waals surface area contributed by atoms with Crippen LogP contribution in [-0.2, 0) is 23.2 Å². The van der Waals surface area contributed by atoms with E-state index < -0.39 is 17.9 Å². The number of aromatic hydroxyl groups is 1. The van der Waals surface area contributed by atoms with Crippen molar-refractivity contribution in [1.29, 1.82) is 0 Å². The van der Waals surface area contributed by atoms with Crippen LogP contribution in [-0.4, -0.2) is 64.0 Å². The summed E-state index contributed by atoms with van der Waals surface area (Å²) < 4.78 is 14.8. The molecule has 2 aliphatic rings. The number of unbranched alkanes of at least 4 members (excludes halogenated alkanes) is 1. The molecule has 6 rings (SSSR count). The summed E-state index contributed by atoms with van der Waals surface area (Å²) in [4.78, 5) is 30.8. The summed E-state index contributed by atoms with van der Waals surface area (Å²) >= 11 is 0. The molecule has 2 aromatic carbocycles. The molecule has 2 N–H and O–H groups in total. The molecule has 10 heteroatoms. The molecule has 0 radical (unpaired) electrons. The first-order chi connectivity index (χ1) is 21.3. The molecule has 2 aromatic heterocycles. The Bertz CT molecular complexity index is 1670. The van der Waals surface area contributed by atoms with Crippen LogP contribution in [0.2, 0.25) is 0 Å². The number of carbonyl (C=O) groups excluding carboxylic acids is 1. The van der Waals surface area contributed by atoms with E-state index in [0.717, 1.165) is 34.9 Å². The van der Waals surface area contributed by atoms with Gasteiger partial charge in [0.25, 0.3) is 0 Å². The number of anilines is 1. The molecule has 230 valence electrons. The van der Waals surface area contributed by atoms with Gasteiger partial charge < -0.3 is 29.2 Å². The van der Waals surface area contributed by atoms with Gasteiger partial charge in [-0.05, 0) is 42.7 Å². The number of likely N-dealkylation sites (tertiary alicyclic amines) is 1. The van der Waals surface area contributed by atoms with Crippen LogP contribution >= 0.6 is 0 Å². The Hall–Kier alpha value is -4.57. The summed E-state index contributed by atoms with van der Waals surface area (Å²) in [5, 5.41) is 23.2. The van der Waals surface area contributed by atoms with Crippen molar-refractivity contribution in [3.63, 3.8) is 0 Å². The summed E-state index contributed by atoms with van der Waals surface area (Å²) in [5.41, 5.74) is 1.66. The summed E-state index contributed by atoms with van der Waals surface area (Å²) in [6.07, 6.45) is 7.99. The lowest BCUT2D eigenvalue weighted by Gasteiger charge is -2.29. The van der Waals surface area contributed by atoms with Crippen molar-refractivity contribution in [1.82, 2.24) is 9.47 Å². The van der Waals surface area contributed by atoms with Gasteiger partial charge in [-0.1, -0.05) is 37.6 Å². The van der Waals surface area contributed by atoms with Gasteiger partial charge in [-0.2, -0.15) is 0 Å². The first kappa shape index (κ1) is 29.5. The van der Waals surface area contributed by atoms with E-state index in [2.05, 4.69) is 6.92 Å². The molecule has 1 fully saturated rings. The third-order valence-corrected chi connectivity index (χ3v) is 8.90. The van der Waals surface area contributed by atoms with Gasteiger partial charge >= 0.3 is 5.97 Å². The highest BCUT2D eigenvalue weighted by molar-refractivity contribution is 5.94. The predicted molar refractivity (Wildman–Crippen MR) is 165 cm³/mol. The standard InChI is InChI=1S/C34H38N4O6/c1-3-4-15-38(25-9-7-14-35(2)19-25)31(39)21-37-20-27(23-11-12-29-30(17-23)44-22-43-29)32(34(41)42)28(37)13-16-36-18-24-8-5-6-10-26(24)33(36)40/h5-12,14,17-19,27-28,32H,3-4,13,15-16,20-22H2,1-2H3,(H-,40,41,42)/p+1/t27-,28+,32-/m1/s1. The van der Waals surface area contributed by atoms with Gasteiger partial charge in [-0.3, -0.25) is 14.5 Å². The number of hydrogen-bond donors (Lipinski definition) is 2. The van der Waals surface area contributed by atoms with Crippen molar-refractivity contribution in [2.24, 2.45) is 13.0 Å². The number of hydrogen-bond acceptors (Lipinski definition) is 6. The molecule has 10 nitrogen and oxygen atoms in total. The molecule has 3 atom stereocenters. The minimum absolute atomic E-state index is 0.0697. The van der Waals surface area contributed by atoms with Gasteiger partial charge in [0.15, 0.2) is 29.8 Å². The number of aliphatic carboxylic acids is 1. The van der Waals surface area contributed by atoms with Crippen molar-refractivity contribution in [2.45, 2.75) is 44.7 Å². The zero-order chi connectivity index (χ0) is 30.8. The Morgan fingerprint density at radius 1 is 1.09 bits per heavy atom. The number of nitrogens with zero attached hydrogens (tertiary/aromatic N) is 4. The smallest absolute Gasteiger partial charge is 0.308 e. The van der Waals surface area contributed by atoms with Crippen LogP contribution in [0.1, 0.15) is 37.7 Å². The second kappa shape index (κ2) is 12.6. The molecule has 4 heterocycles. The van der Waals surface area contributed by atoms with Crippen LogP contribution in [0.4, 0.5) is 5.69 Å². The van der Waals surface area contributed by atoms with E-state index in [0.29, 0.717) is 37.6 Å². The highest BCUT2D eigenvalue weighted by atomic mass is 16.7. The Labute approximate surface area is 256 Å². The number of carbonyl (C=O) groups is 2. The number of carboxylic acid groups (broad SMARTS) is 1. The van der Waals surface area contributed by atoms with Crippen LogP contribution in [0.5, 0.6) is 17.4 Å². The van der Waals surface area contributed by atoms with E-state index >= 15 is 0 Å². The van der Waals surface area contributed by atoms with Crippen LogP contribution < -0.4 is 18.9 Å². The molecule has 4 aromatic rings. The number of ether oxygens (including phenoxy) is 2. The van der Waals surface area contributed by atoms with Crippen molar-refractivity contribution < 1.29 is 33.8 Å². The zero-order valence-electron chi connectivity index (χ0n) is 25.1. The van der Waals surface area contributed by atoms with E-state index in [9.17, 15) is 19.8 Å². The third-order valence-electron chi connectivity index (χ3n) is 8.90. The lowest BCUT2D eigenvalue weighted by Crippen LogP contribution is -2.45. The molecule has 0 unspecified atom stereocenters. The first-order valence-electron chi connectivity index (χ1n) is 15.2. The maximum atomic E-state index is 14.0. The fourth-order valence-corrected chi connectivity index (χ4v) is 6.68. The first-order valence-corrected chi connectivity index (χ1v) is 15.2. The number of amides is 1. The number of aryl methyl sites for hydroxylation is 2. The Morgan fingerprint density at radius 3 is 2.68 bits per heavy atom. The van der Waals surface area contributed by atoms with Gasteiger partial charge in [0.1, 0.15) is 12.7 Å². The molecule has 0 saturated carbocycles. The molecule has 0 aliphatic carbocycles. The Balaban J connectivity index is 1.32. The van der Waals surface area contributed by atoms with Crippen LogP contribution in [0.3, 0.4) is 0 Å². The Morgan fingerprint density at radius 2 is 1.91 bits per heavy atom. The van der Waals surface area contributed by atoms with Gasteiger partial charge in [0.05, 0.1) is 12.5 Å². The minimum Gasteiger partial charge on any atom is -0.494 e. The average Bonchev–Trinajstić information content (AvgIpc) is 3.71. The number of aromatic nitrogens is 2. The number of fused-ring (bicyclic) bond motifs is 2. The number of rotatable bonds is 11. The highest BCUT2D eigenvalue weighted by Crippen LogP contribution is 2.43. The van der Waals surface area contributed by atoms with Gasteiger partial charge in [0.2, 0.25) is 12.7 Å². The second-order valence-electron chi connectivity index (χ2n) is 11.7. The molecule has 44 heavy (non-hydrogen) atoms. The quantitative estimate of drug-likeness (QED) is 0.248. The van der Waals surface area contributed by atoms with E-state index in [1.165, 1.54) is 0 Å². The zero-order valence-corrected chi connectivity index (χ0v) is 25.1. The number of pyridine rings is 1. The van der Waals surface area contributed by atoms with E-state index in [1.54, 1.807) is 4.57 Å². The van der Waals surface area contributed by atoms with Gasteiger partial charge in [-0.25, -0.2) is 4.57 Å². The fraction of sp³-hybridized carbons (Fsp3) is 0.382. The van der Waals surface area contributed by atoms with Crippen molar-refractivity contribution >= 4 is 28.3 Å². The van der Waals surface area contributed by atoms with Gasteiger partial charge in [-0.15, -0.1) is 0 Å². The molecule has 1 saturated heterocycles. The monoisotopic (exact) mass is 599 g/mol. The van der Waals surface area contributed by atoms with Crippen LogP contribution in [0, 0.1) is 5.92 Å². The lowest BCUT2D eigenvalue weighted by molar-refractivity contribution is -0.670. The summed E-state index contributed by atoms with van der Waals surface area (Å²) in [6, 6.07) is 16.6. The molecule has 2 aliphatic heterocycles.